The molecule has 0 amide bonds. The highest BCUT2D eigenvalue weighted by atomic mass is 15.2. The van der Waals surface area contributed by atoms with Gasteiger partial charge < -0.3 is 10.2 Å². The summed E-state index contributed by atoms with van der Waals surface area (Å²) < 4.78 is 0. The Hall–Kier alpha value is -1.16. The summed E-state index contributed by atoms with van der Waals surface area (Å²) in [5.41, 5.74) is 3.82. The van der Waals surface area contributed by atoms with Crippen LogP contribution in [0.25, 0.3) is 0 Å². The van der Waals surface area contributed by atoms with Crippen LogP contribution in [0.1, 0.15) is 30.3 Å². The van der Waals surface area contributed by atoms with E-state index in [0.717, 1.165) is 38.3 Å². The Morgan fingerprint density at radius 1 is 1.31 bits per heavy atom. The number of aromatic nitrogens is 2. The van der Waals surface area contributed by atoms with Gasteiger partial charge in [-0.15, -0.1) is 0 Å². The summed E-state index contributed by atoms with van der Waals surface area (Å²) in [7, 11) is 3.99. The molecule has 0 aliphatic carbocycles. The normalized spacial score (nSPS) is 14.7. The number of nitrogens with one attached hydrogen (secondary N) is 1. The van der Waals surface area contributed by atoms with E-state index < -0.39 is 0 Å². The Labute approximate surface area is 97.1 Å². The molecule has 0 aromatic carbocycles. The van der Waals surface area contributed by atoms with Gasteiger partial charge >= 0.3 is 0 Å². The van der Waals surface area contributed by atoms with E-state index in [-0.39, 0.29) is 0 Å². The van der Waals surface area contributed by atoms with Crippen LogP contribution in [-0.4, -0.2) is 30.6 Å². The van der Waals surface area contributed by atoms with E-state index in [4.69, 9.17) is 0 Å². The highest BCUT2D eigenvalue weighted by Gasteiger charge is 2.17. The lowest BCUT2D eigenvalue weighted by molar-refractivity contribution is 0.612. The molecule has 0 unspecified atom stereocenters. The van der Waals surface area contributed by atoms with Gasteiger partial charge in [0.1, 0.15) is 0 Å². The molecule has 1 aliphatic heterocycles. The predicted octanol–water partition coefficient (Wildman–Crippen LogP) is 1.14. The van der Waals surface area contributed by atoms with E-state index in [1.54, 1.807) is 0 Å². The molecule has 2 heterocycles. The fourth-order valence-corrected chi connectivity index (χ4v) is 2.07. The van der Waals surface area contributed by atoms with Gasteiger partial charge in [0.05, 0.1) is 5.69 Å². The van der Waals surface area contributed by atoms with Crippen LogP contribution in [0.5, 0.6) is 0 Å². The van der Waals surface area contributed by atoms with Crippen molar-refractivity contribution in [2.24, 2.45) is 0 Å². The second kappa shape index (κ2) is 4.78. The zero-order valence-electron chi connectivity index (χ0n) is 10.4. The Morgan fingerprint density at radius 3 is 2.81 bits per heavy atom. The van der Waals surface area contributed by atoms with Crippen molar-refractivity contribution < 1.29 is 0 Å². The molecule has 0 saturated carbocycles. The first-order valence-electron chi connectivity index (χ1n) is 5.99. The maximum atomic E-state index is 4.66. The molecule has 0 spiro atoms. The Balaban J connectivity index is 2.43. The fraction of sp³-hybridized carbons (Fsp3) is 0.667. The van der Waals surface area contributed by atoms with Crippen molar-refractivity contribution in [2.75, 3.05) is 25.5 Å². The smallest absolute Gasteiger partial charge is 0.225 e. The Kier molecular flexibility index (Phi) is 3.39. The Morgan fingerprint density at radius 2 is 2.12 bits per heavy atom. The quantitative estimate of drug-likeness (QED) is 0.829. The molecule has 4 nitrogen and oxygen atoms in total. The summed E-state index contributed by atoms with van der Waals surface area (Å²) in [6, 6.07) is 0. The standard InChI is InChI=1S/C12H20N4/c1-4-5-10-9-6-7-13-8-11(9)15-12(14-10)16(2)3/h13H,4-8H2,1-3H3. The minimum Gasteiger partial charge on any atom is -0.347 e. The molecule has 1 aromatic heterocycles. The summed E-state index contributed by atoms with van der Waals surface area (Å²) >= 11 is 0. The number of anilines is 1. The van der Waals surface area contributed by atoms with Crippen LogP contribution in [0.3, 0.4) is 0 Å². The van der Waals surface area contributed by atoms with Crippen molar-refractivity contribution in [3.8, 4) is 0 Å². The molecule has 0 fully saturated rings. The van der Waals surface area contributed by atoms with Gasteiger partial charge in [-0.1, -0.05) is 13.3 Å². The lowest BCUT2D eigenvalue weighted by Crippen LogP contribution is -2.28. The molecular weight excluding hydrogens is 200 g/mol. The van der Waals surface area contributed by atoms with Crippen molar-refractivity contribution in [1.82, 2.24) is 15.3 Å². The fourth-order valence-electron chi connectivity index (χ4n) is 2.07. The molecule has 4 heteroatoms. The minimum absolute atomic E-state index is 0.839. The van der Waals surface area contributed by atoms with Gasteiger partial charge in [-0.25, -0.2) is 9.97 Å². The number of aryl methyl sites for hydroxylation is 1. The summed E-state index contributed by atoms with van der Waals surface area (Å²) in [5.74, 6) is 0.839. The lowest BCUT2D eigenvalue weighted by Gasteiger charge is -2.21. The van der Waals surface area contributed by atoms with Crippen LogP contribution >= 0.6 is 0 Å². The van der Waals surface area contributed by atoms with E-state index in [1.165, 1.54) is 17.0 Å². The van der Waals surface area contributed by atoms with Crippen LogP contribution in [-0.2, 0) is 19.4 Å². The van der Waals surface area contributed by atoms with Crippen molar-refractivity contribution in [3.05, 3.63) is 17.0 Å². The van der Waals surface area contributed by atoms with E-state index in [1.807, 2.05) is 19.0 Å². The molecule has 0 radical (unpaired) electrons. The third-order valence-electron chi connectivity index (χ3n) is 2.90. The van der Waals surface area contributed by atoms with Gasteiger partial charge in [0.25, 0.3) is 0 Å². The summed E-state index contributed by atoms with van der Waals surface area (Å²) in [6.07, 6.45) is 3.27. The first-order valence-corrected chi connectivity index (χ1v) is 5.99. The maximum absolute atomic E-state index is 4.66. The zero-order valence-corrected chi connectivity index (χ0v) is 10.4. The first-order chi connectivity index (χ1) is 7.72. The van der Waals surface area contributed by atoms with E-state index in [2.05, 4.69) is 22.2 Å². The summed E-state index contributed by atoms with van der Waals surface area (Å²) in [6.45, 7) is 4.13. The summed E-state index contributed by atoms with van der Waals surface area (Å²) in [4.78, 5) is 11.3. The number of hydrogen-bond donors (Lipinski definition) is 1. The molecule has 1 aromatic rings. The van der Waals surface area contributed by atoms with Gasteiger partial charge in [0.2, 0.25) is 5.95 Å². The van der Waals surface area contributed by atoms with Gasteiger partial charge in [0.15, 0.2) is 0 Å². The average Bonchev–Trinajstić information content (AvgIpc) is 2.29. The molecule has 2 rings (SSSR count). The maximum Gasteiger partial charge on any atom is 0.225 e. The number of hydrogen-bond acceptors (Lipinski definition) is 4. The van der Waals surface area contributed by atoms with Gasteiger partial charge in [-0.3, -0.25) is 0 Å². The topological polar surface area (TPSA) is 41.1 Å². The molecular formula is C12H20N4. The highest BCUT2D eigenvalue weighted by Crippen LogP contribution is 2.19. The van der Waals surface area contributed by atoms with Crippen molar-refractivity contribution >= 4 is 5.95 Å². The SMILES string of the molecule is CCCc1nc(N(C)C)nc2c1CCNC2. The zero-order chi connectivity index (χ0) is 11.5. The van der Waals surface area contributed by atoms with Crippen molar-refractivity contribution in [3.63, 3.8) is 0 Å². The number of nitrogens with zero attached hydrogens (tertiary/aromatic N) is 3. The first kappa shape index (κ1) is 11.3. The molecule has 1 N–H and O–H groups in total. The predicted molar refractivity (Wildman–Crippen MR) is 65.8 cm³/mol. The van der Waals surface area contributed by atoms with Crippen LogP contribution in [0.4, 0.5) is 5.95 Å². The van der Waals surface area contributed by atoms with E-state index >= 15 is 0 Å². The van der Waals surface area contributed by atoms with Crippen molar-refractivity contribution in [1.29, 1.82) is 0 Å². The largest absolute Gasteiger partial charge is 0.347 e. The van der Waals surface area contributed by atoms with Crippen LogP contribution in [0.2, 0.25) is 0 Å². The third-order valence-corrected chi connectivity index (χ3v) is 2.90. The molecule has 1 aliphatic rings. The molecule has 88 valence electrons. The van der Waals surface area contributed by atoms with Crippen LogP contribution < -0.4 is 10.2 Å². The van der Waals surface area contributed by atoms with Crippen LogP contribution in [0.15, 0.2) is 0 Å². The number of fused-ring (bicyclic) bond motifs is 1. The van der Waals surface area contributed by atoms with Crippen molar-refractivity contribution in [2.45, 2.75) is 32.7 Å². The lowest BCUT2D eigenvalue weighted by atomic mass is 10.0. The Bertz CT molecular complexity index is 374. The minimum atomic E-state index is 0.839. The highest BCUT2D eigenvalue weighted by molar-refractivity contribution is 5.37. The summed E-state index contributed by atoms with van der Waals surface area (Å²) in [5, 5.41) is 3.37. The monoisotopic (exact) mass is 220 g/mol. The average molecular weight is 220 g/mol. The second-order valence-corrected chi connectivity index (χ2v) is 4.47. The molecule has 0 bridgehead atoms. The van der Waals surface area contributed by atoms with Crippen LogP contribution in [0, 0.1) is 0 Å². The third kappa shape index (κ3) is 2.16. The van der Waals surface area contributed by atoms with Gasteiger partial charge in [-0.2, -0.15) is 0 Å². The molecule has 0 atom stereocenters. The van der Waals surface area contributed by atoms with Gasteiger partial charge in [-0.05, 0) is 24.9 Å². The number of rotatable bonds is 3. The van der Waals surface area contributed by atoms with E-state index in [0.29, 0.717) is 0 Å². The molecule has 16 heavy (non-hydrogen) atoms. The molecule has 0 saturated heterocycles. The van der Waals surface area contributed by atoms with E-state index in [9.17, 15) is 0 Å². The van der Waals surface area contributed by atoms with Gasteiger partial charge in [0, 0.05) is 26.3 Å². The second-order valence-electron chi connectivity index (χ2n) is 4.47.